The second-order valence-corrected chi connectivity index (χ2v) is 5.66. The van der Waals surface area contributed by atoms with Crippen molar-refractivity contribution in [1.82, 2.24) is 9.80 Å². The molecule has 3 rings (SSSR count). The number of nitrogens with zero attached hydrogens (tertiary/aromatic N) is 2. The van der Waals surface area contributed by atoms with Crippen LogP contribution in [0, 0.1) is 0 Å². The van der Waals surface area contributed by atoms with Crippen LogP contribution in [0.15, 0.2) is 30.3 Å². The van der Waals surface area contributed by atoms with E-state index in [4.69, 9.17) is 7.85 Å². The van der Waals surface area contributed by atoms with Crippen molar-refractivity contribution in [2.45, 2.75) is 38.0 Å². The third-order valence-corrected chi connectivity index (χ3v) is 4.42. The summed E-state index contributed by atoms with van der Waals surface area (Å²) in [6, 6.07) is 10.1. The fraction of sp³-hybridized carbons (Fsp3) is 0.467. The minimum atomic E-state index is -0.414. The molecule has 0 spiro atoms. The Morgan fingerprint density at radius 1 is 1.30 bits per heavy atom. The lowest BCUT2D eigenvalue weighted by molar-refractivity contribution is -0.124. The van der Waals surface area contributed by atoms with E-state index in [-0.39, 0.29) is 23.9 Å². The van der Waals surface area contributed by atoms with Crippen LogP contribution in [0.3, 0.4) is 0 Å². The van der Waals surface area contributed by atoms with Crippen LogP contribution < -0.4 is 0 Å². The lowest BCUT2D eigenvalue weighted by Crippen LogP contribution is -2.56. The molecule has 2 fully saturated rings. The summed E-state index contributed by atoms with van der Waals surface area (Å²) in [4.78, 5) is 27.3. The molecule has 0 saturated carbocycles. The average molecular weight is 268 g/mol. The van der Waals surface area contributed by atoms with E-state index in [1.807, 2.05) is 18.2 Å². The summed E-state index contributed by atoms with van der Waals surface area (Å²) >= 11 is 0. The Morgan fingerprint density at radius 3 is 2.60 bits per heavy atom. The highest BCUT2D eigenvalue weighted by atomic mass is 16.2. The van der Waals surface area contributed by atoms with Crippen LogP contribution in [-0.4, -0.2) is 53.9 Å². The summed E-state index contributed by atoms with van der Waals surface area (Å²) < 4.78 is 0. The van der Waals surface area contributed by atoms with Crippen LogP contribution in [0.1, 0.15) is 18.9 Å². The smallest absolute Gasteiger partial charge is 0.200 e. The SMILES string of the molecule is [B]C(=O)N1CC2CC1[C@@H](C(C)=O)N2Cc1ccccc1. The number of carbonyl (C=O) groups is 2. The Kier molecular flexibility index (Phi) is 3.38. The second kappa shape index (κ2) is 5.06. The van der Waals surface area contributed by atoms with Gasteiger partial charge in [0.05, 0.1) is 12.1 Å². The summed E-state index contributed by atoms with van der Waals surface area (Å²) in [7, 11) is 5.40. The van der Waals surface area contributed by atoms with Crippen LogP contribution in [-0.2, 0) is 11.3 Å². The highest BCUT2D eigenvalue weighted by molar-refractivity contribution is 6.57. The molecule has 0 aliphatic carbocycles. The van der Waals surface area contributed by atoms with Crippen molar-refractivity contribution in [2.24, 2.45) is 0 Å². The van der Waals surface area contributed by atoms with Crippen molar-refractivity contribution in [3.05, 3.63) is 35.9 Å². The predicted molar refractivity (Wildman–Crippen MR) is 76.5 cm³/mol. The van der Waals surface area contributed by atoms with Gasteiger partial charge in [0.2, 0.25) is 7.85 Å². The van der Waals surface area contributed by atoms with E-state index in [0.29, 0.717) is 6.54 Å². The van der Waals surface area contributed by atoms with Gasteiger partial charge in [-0.1, -0.05) is 30.3 Å². The molecule has 3 atom stereocenters. The molecule has 2 saturated heterocycles. The molecule has 2 bridgehead atoms. The summed E-state index contributed by atoms with van der Waals surface area (Å²) in [6.07, 6.45) is 0.847. The zero-order valence-electron chi connectivity index (χ0n) is 11.5. The lowest BCUT2D eigenvalue weighted by Gasteiger charge is -2.39. The number of benzene rings is 1. The molecule has 20 heavy (non-hydrogen) atoms. The van der Waals surface area contributed by atoms with Gasteiger partial charge in [-0.15, -0.1) is 0 Å². The molecule has 1 amide bonds. The molecule has 2 unspecified atom stereocenters. The molecule has 2 heterocycles. The quantitative estimate of drug-likeness (QED) is 0.773. The first-order valence-electron chi connectivity index (χ1n) is 6.94. The first-order chi connectivity index (χ1) is 9.58. The van der Waals surface area contributed by atoms with E-state index in [1.165, 1.54) is 5.56 Å². The van der Waals surface area contributed by atoms with E-state index >= 15 is 0 Å². The molecule has 4 nitrogen and oxygen atoms in total. The molecular formula is C15H17BN2O2. The van der Waals surface area contributed by atoms with E-state index < -0.39 is 5.81 Å². The van der Waals surface area contributed by atoms with E-state index in [9.17, 15) is 9.59 Å². The van der Waals surface area contributed by atoms with Gasteiger partial charge in [-0.05, 0) is 18.9 Å². The zero-order valence-corrected chi connectivity index (χ0v) is 11.5. The molecule has 0 N–H and O–H groups in total. The van der Waals surface area contributed by atoms with Crippen LogP contribution in [0.25, 0.3) is 0 Å². The number of piperazine rings is 1. The number of hydrogen-bond acceptors (Lipinski definition) is 3. The topological polar surface area (TPSA) is 40.6 Å². The number of hydrogen-bond donors (Lipinski definition) is 0. The van der Waals surface area contributed by atoms with Crippen molar-refractivity contribution >= 4 is 19.4 Å². The molecule has 1 aromatic rings. The highest BCUT2D eigenvalue weighted by Crippen LogP contribution is 2.37. The van der Waals surface area contributed by atoms with Gasteiger partial charge >= 0.3 is 0 Å². The van der Waals surface area contributed by atoms with Gasteiger partial charge in [0, 0.05) is 19.1 Å². The monoisotopic (exact) mass is 268 g/mol. The van der Waals surface area contributed by atoms with Gasteiger partial charge in [-0.2, -0.15) is 0 Å². The van der Waals surface area contributed by atoms with Crippen LogP contribution >= 0.6 is 0 Å². The number of carbonyl (C=O) groups excluding carboxylic acids is 2. The van der Waals surface area contributed by atoms with Crippen molar-refractivity contribution in [3.63, 3.8) is 0 Å². The molecule has 102 valence electrons. The maximum Gasteiger partial charge on any atom is 0.200 e. The number of likely N-dealkylation sites (tertiary alicyclic amines) is 2. The van der Waals surface area contributed by atoms with E-state index in [0.717, 1.165) is 13.0 Å². The fourth-order valence-corrected chi connectivity index (χ4v) is 3.61. The Hall–Kier alpha value is -1.62. The lowest BCUT2D eigenvalue weighted by atomic mass is 10.0. The third kappa shape index (κ3) is 2.16. The molecule has 0 aromatic heterocycles. The van der Waals surface area contributed by atoms with Crippen molar-refractivity contribution < 1.29 is 9.59 Å². The second-order valence-electron chi connectivity index (χ2n) is 5.66. The van der Waals surface area contributed by atoms with Gasteiger partial charge in [-0.3, -0.25) is 14.5 Å². The van der Waals surface area contributed by atoms with Gasteiger partial charge < -0.3 is 4.90 Å². The number of Topliss-reactive ketones (excluding diaryl/α,β-unsaturated/α-hetero) is 1. The number of ketones is 1. The van der Waals surface area contributed by atoms with E-state index in [2.05, 4.69) is 17.0 Å². The summed E-state index contributed by atoms with van der Waals surface area (Å²) in [5, 5.41) is 0. The Balaban J connectivity index is 1.82. The van der Waals surface area contributed by atoms with E-state index in [1.54, 1.807) is 11.8 Å². The van der Waals surface area contributed by atoms with Gasteiger partial charge in [0.15, 0.2) is 5.81 Å². The van der Waals surface area contributed by atoms with Gasteiger partial charge in [-0.25, -0.2) is 0 Å². The minimum Gasteiger partial charge on any atom is -0.346 e. The highest BCUT2D eigenvalue weighted by Gasteiger charge is 2.52. The maximum atomic E-state index is 12.0. The largest absolute Gasteiger partial charge is 0.346 e. The maximum absolute atomic E-state index is 12.0. The number of fused-ring (bicyclic) bond motifs is 2. The predicted octanol–water partition coefficient (Wildman–Crippen LogP) is 1.19. The van der Waals surface area contributed by atoms with Gasteiger partial charge in [0.25, 0.3) is 0 Å². The standard InChI is InChI=1S/C15H17BN2O2/c1-10(19)14-13-7-12(9-18(13)15(16)20)17(14)8-11-5-3-2-4-6-11/h2-6,12-14H,7-9H2,1H3/t12?,13?,14-/m1/s1. The molecular weight excluding hydrogens is 251 g/mol. The number of amides is 1. The Bertz CT molecular complexity index is 534. The molecule has 2 aliphatic heterocycles. The first kappa shape index (κ1) is 13.4. The molecule has 2 radical (unpaired) electrons. The van der Waals surface area contributed by atoms with Crippen molar-refractivity contribution in [2.75, 3.05) is 6.54 Å². The van der Waals surface area contributed by atoms with Crippen LogP contribution in [0.4, 0.5) is 4.79 Å². The average Bonchev–Trinajstić information content (AvgIpc) is 2.97. The zero-order chi connectivity index (χ0) is 14.3. The van der Waals surface area contributed by atoms with Crippen molar-refractivity contribution in [3.8, 4) is 0 Å². The molecule has 2 aliphatic rings. The van der Waals surface area contributed by atoms with Crippen LogP contribution in [0.5, 0.6) is 0 Å². The van der Waals surface area contributed by atoms with Crippen molar-refractivity contribution in [1.29, 1.82) is 0 Å². The van der Waals surface area contributed by atoms with Crippen LogP contribution in [0.2, 0.25) is 0 Å². The Morgan fingerprint density at radius 2 is 2.00 bits per heavy atom. The first-order valence-corrected chi connectivity index (χ1v) is 6.94. The fourth-order valence-electron chi connectivity index (χ4n) is 3.61. The summed E-state index contributed by atoms with van der Waals surface area (Å²) in [6.45, 7) is 2.98. The Labute approximate surface area is 120 Å². The molecule has 5 heteroatoms. The normalized spacial score (nSPS) is 28.9. The summed E-state index contributed by atoms with van der Waals surface area (Å²) in [5.74, 6) is -0.303. The van der Waals surface area contributed by atoms with Gasteiger partial charge in [0.1, 0.15) is 5.78 Å². The summed E-state index contributed by atoms with van der Waals surface area (Å²) in [5.41, 5.74) is 1.19. The number of rotatable bonds is 3. The minimum absolute atomic E-state index is 0.0567. The molecule has 1 aromatic carbocycles. The third-order valence-electron chi connectivity index (χ3n) is 4.42.